The van der Waals surface area contributed by atoms with Crippen LogP contribution in [-0.4, -0.2) is 11.1 Å². The minimum Gasteiger partial charge on any atom is -0.478 e. The fraction of sp³-hybridized carbons (Fsp3) is 0. The first-order valence-corrected chi connectivity index (χ1v) is 5.38. The number of rotatable bonds is 1. The number of nitrogens with zero attached hydrogens (tertiary/aromatic N) is 1. The fourth-order valence-corrected chi connectivity index (χ4v) is 1.25. The summed E-state index contributed by atoms with van der Waals surface area (Å²) in [5.41, 5.74) is 12.5. The van der Waals surface area contributed by atoms with Crippen molar-refractivity contribution in [2.24, 2.45) is 0 Å². The van der Waals surface area contributed by atoms with Gasteiger partial charge in [0.2, 0.25) is 0 Å². The molecule has 0 spiro atoms. The van der Waals surface area contributed by atoms with Crippen LogP contribution in [0.3, 0.4) is 0 Å². The summed E-state index contributed by atoms with van der Waals surface area (Å²) >= 11 is 0. The molecule has 0 aromatic heterocycles. The van der Waals surface area contributed by atoms with E-state index in [9.17, 15) is 4.79 Å². The normalized spacial score (nSPS) is 8.79. The van der Waals surface area contributed by atoms with Crippen LogP contribution in [0.4, 0.5) is 11.4 Å². The molecule has 0 saturated carbocycles. The van der Waals surface area contributed by atoms with Gasteiger partial charge in [0, 0.05) is 11.4 Å². The fourth-order valence-electron chi connectivity index (χ4n) is 1.25. The molecule has 0 atom stereocenters. The highest BCUT2D eigenvalue weighted by atomic mass is 16.4. The largest absolute Gasteiger partial charge is 0.478 e. The zero-order valence-corrected chi connectivity index (χ0v) is 10.1. The molecule has 2 rings (SSSR count). The van der Waals surface area contributed by atoms with Gasteiger partial charge in [-0.2, -0.15) is 5.26 Å². The average Bonchev–Trinajstić information content (AvgIpc) is 2.40. The molecule has 96 valence electrons. The number of nitriles is 1. The highest BCUT2D eigenvalue weighted by molar-refractivity contribution is 5.93. The van der Waals surface area contributed by atoms with Gasteiger partial charge in [0.15, 0.2) is 0 Å². The molecule has 2 aromatic rings. The molecule has 0 heterocycles. The predicted octanol–water partition coefficient (Wildman–Crippen LogP) is 2.11. The lowest BCUT2D eigenvalue weighted by Crippen LogP contribution is -2.00. The number of benzene rings is 2. The lowest BCUT2D eigenvalue weighted by Gasteiger charge is -1.96. The first-order chi connectivity index (χ1) is 9.04. The van der Waals surface area contributed by atoms with Crippen LogP contribution < -0.4 is 11.5 Å². The van der Waals surface area contributed by atoms with Gasteiger partial charge >= 0.3 is 5.97 Å². The number of para-hydroxylation sites is 1. The molecule has 0 aliphatic heterocycles. The van der Waals surface area contributed by atoms with Crippen LogP contribution in [0.2, 0.25) is 0 Å². The maximum absolute atomic E-state index is 10.3. The molecule has 19 heavy (non-hydrogen) atoms. The number of anilines is 2. The Morgan fingerprint density at radius 3 is 2.05 bits per heavy atom. The van der Waals surface area contributed by atoms with E-state index >= 15 is 0 Å². The van der Waals surface area contributed by atoms with Crippen molar-refractivity contribution < 1.29 is 9.90 Å². The van der Waals surface area contributed by atoms with Gasteiger partial charge in [0.05, 0.1) is 17.2 Å². The number of carbonyl (C=O) groups is 1. The first-order valence-electron chi connectivity index (χ1n) is 5.38. The Bertz CT molecular complexity index is 601. The Labute approximate surface area is 110 Å². The second kappa shape index (κ2) is 6.67. The highest BCUT2D eigenvalue weighted by Crippen LogP contribution is 2.09. The Hall–Kier alpha value is -3.00. The van der Waals surface area contributed by atoms with Crippen LogP contribution in [0.1, 0.15) is 15.9 Å². The third-order valence-electron chi connectivity index (χ3n) is 2.23. The van der Waals surface area contributed by atoms with Crippen molar-refractivity contribution in [3.63, 3.8) is 0 Å². The number of carboxylic acid groups (broad SMARTS) is 1. The quantitative estimate of drug-likeness (QED) is 0.675. The molecule has 0 fully saturated rings. The maximum Gasteiger partial charge on any atom is 0.337 e. The van der Waals surface area contributed by atoms with E-state index in [0.717, 1.165) is 0 Å². The van der Waals surface area contributed by atoms with Crippen molar-refractivity contribution in [1.29, 1.82) is 5.26 Å². The molecule has 5 nitrogen and oxygen atoms in total. The summed E-state index contributed by atoms with van der Waals surface area (Å²) in [6.07, 6.45) is 0. The topological polar surface area (TPSA) is 113 Å². The molecule has 0 aliphatic rings. The minimum absolute atomic E-state index is 0.155. The summed E-state index contributed by atoms with van der Waals surface area (Å²) in [6.45, 7) is 0. The molecule has 0 unspecified atom stereocenters. The van der Waals surface area contributed by atoms with Crippen molar-refractivity contribution in [1.82, 2.24) is 0 Å². The third-order valence-corrected chi connectivity index (χ3v) is 2.23. The lowest BCUT2D eigenvalue weighted by atomic mass is 10.2. The zero-order chi connectivity index (χ0) is 14.3. The minimum atomic E-state index is -0.988. The average molecular weight is 255 g/mol. The number of nitrogens with two attached hydrogens (primary N) is 2. The standard InChI is InChI=1S/C7H6N2.C7H7NO2/c8-5-6-1-3-7(9)4-2-6;8-6-4-2-1-3-5(6)7(9)10/h1-4H,9H2;1-4H,8H2,(H,9,10). The van der Waals surface area contributed by atoms with Crippen LogP contribution in [0.5, 0.6) is 0 Å². The van der Waals surface area contributed by atoms with E-state index in [0.29, 0.717) is 16.9 Å². The molecule has 0 aliphatic carbocycles. The Balaban J connectivity index is 0.000000191. The van der Waals surface area contributed by atoms with Crippen LogP contribution >= 0.6 is 0 Å². The highest BCUT2D eigenvalue weighted by Gasteiger charge is 2.03. The summed E-state index contributed by atoms with van der Waals surface area (Å²) in [5.74, 6) is -0.988. The molecule has 2 aromatic carbocycles. The van der Waals surface area contributed by atoms with Crippen molar-refractivity contribution in [2.45, 2.75) is 0 Å². The first kappa shape index (κ1) is 14.1. The number of carboxylic acids is 1. The second-order valence-electron chi connectivity index (χ2n) is 3.63. The zero-order valence-electron chi connectivity index (χ0n) is 10.1. The van der Waals surface area contributed by atoms with Crippen molar-refractivity contribution in [3.05, 3.63) is 59.7 Å². The van der Waals surface area contributed by atoms with Crippen molar-refractivity contribution in [3.8, 4) is 6.07 Å². The van der Waals surface area contributed by atoms with Gasteiger partial charge in [-0.15, -0.1) is 0 Å². The van der Waals surface area contributed by atoms with E-state index in [2.05, 4.69) is 0 Å². The second-order valence-corrected chi connectivity index (χ2v) is 3.63. The van der Waals surface area contributed by atoms with Crippen molar-refractivity contribution >= 4 is 17.3 Å². The molecule has 0 amide bonds. The SMILES string of the molecule is N#Cc1ccc(N)cc1.Nc1ccccc1C(=O)O. The molecule has 0 saturated heterocycles. The predicted molar refractivity (Wildman–Crippen MR) is 73.4 cm³/mol. The molecule has 5 heteroatoms. The van der Waals surface area contributed by atoms with E-state index in [-0.39, 0.29) is 5.56 Å². The van der Waals surface area contributed by atoms with Crippen LogP contribution in [0.15, 0.2) is 48.5 Å². The van der Waals surface area contributed by atoms with Gasteiger partial charge in [-0.1, -0.05) is 12.1 Å². The summed E-state index contributed by atoms with van der Waals surface area (Å²) in [7, 11) is 0. The Morgan fingerprint density at radius 1 is 1.05 bits per heavy atom. The van der Waals surface area contributed by atoms with E-state index in [1.165, 1.54) is 6.07 Å². The number of aromatic carboxylic acids is 1. The number of nitrogen functional groups attached to an aromatic ring is 2. The summed E-state index contributed by atoms with van der Waals surface area (Å²) in [5, 5.41) is 16.8. The van der Waals surface area contributed by atoms with Gasteiger partial charge in [-0.3, -0.25) is 0 Å². The van der Waals surface area contributed by atoms with Gasteiger partial charge in [-0.25, -0.2) is 4.79 Å². The van der Waals surface area contributed by atoms with Gasteiger partial charge in [0.1, 0.15) is 0 Å². The summed E-state index contributed by atoms with van der Waals surface area (Å²) in [4.78, 5) is 10.3. The summed E-state index contributed by atoms with van der Waals surface area (Å²) in [6, 6.07) is 15.2. The monoisotopic (exact) mass is 255 g/mol. The van der Waals surface area contributed by atoms with E-state index in [4.69, 9.17) is 21.8 Å². The van der Waals surface area contributed by atoms with E-state index in [1.807, 2.05) is 6.07 Å². The Morgan fingerprint density at radius 2 is 1.63 bits per heavy atom. The van der Waals surface area contributed by atoms with Gasteiger partial charge in [0.25, 0.3) is 0 Å². The number of hydrogen-bond acceptors (Lipinski definition) is 4. The molecular weight excluding hydrogens is 242 g/mol. The molecular formula is C14H13N3O2. The lowest BCUT2D eigenvalue weighted by molar-refractivity contribution is 0.0698. The van der Waals surface area contributed by atoms with Gasteiger partial charge in [-0.05, 0) is 36.4 Å². The third kappa shape index (κ3) is 4.40. The Kier molecular flexibility index (Phi) is 4.93. The van der Waals surface area contributed by atoms with E-state index in [1.54, 1.807) is 42.5 Å². The number of hydrogen-bond donors (Lipinski definition) is 3. The maximum atomic E-state index is 10.3. The van der Waals surface area contributed by atoms with Crippen LogP contribution in [0.25, 0.3) is 0 Å². The molecule has 0 radical (unpaired) electrons. The smallest absolute Gasteiger partial charge is 0.337 e. The van der Waals surface area contributed by atoms with Gasteiger partial charge < -0.3 is 16.6 Å². The van der Waals surface area contributed by atoms with Crippen LogP contribution in [-0.2, 0) is 0 Å². The van der Waals surface area contributed by atoms with Crippen molar-refractivity contribution in [2.75, 3.05) is 11.5 Å². The molecule has 5 N–H and O–H groups in total. The van der Waals surface area contributed by atoms with Crippen LogP contribution in [0, 0.1) is 11.3 Å². The van der Waals surface area contributed by atoms with E-state index < -0.39 is 5.97 Å². The summed E-state index contributed by atoms with van der Waals surface area (Å²) < 4.78 is 0. The molecule has 0 bridgehead atoms.